The number of nitrogens with one attached hydrogen (secondary N) is 1. The van der Waals surface area contributed by atoms with Gasteiger partial charge in [-0.3, -0.25) is 9.79 Å². The first-order valence-electron chi connectivity index (χ1n) is 4.96. The van der Waals surface area contributed by atoms with E-state index in [0.29, 0.717) is 12.1 Å². The van der Waals surface area contributed by atoms with E-state index in [9.17, 15) is 4.79 Å². The number of rotatable bonds is 2. The Morgan fingerprint density at radius 3 is 3.25 bits per heavy atom. The predicted octanol–water partition coefficient (Wildman–Crippen LogP) is 1.35. The van der Waals surface area contributed by atoms with E-state index in [1.807, 2.05) is 5.38 Å². The van der Waals surface area contributed by atoms with Crippen molar-refractivity contribution in [3.8, 4) is 0 Å². The van der Waals surface area contributed by atoms with Crippen LogP contribution in [-0.4, -0.2) is 16.4 Å². The Morgan fingerprint density at radius 2 is 2.44 bits per heavy atom. The van der Waals surface area contributed by atoms with E-state index in [0.717, 1.165) is 17.7 Å². The fourth-order valence-electron chi connectivity index (χ4n) is 1.81. The molecule has 3 heterocycles. The van der Waals surface area contributed by atoms with Crippen LogP contribution in [0.5, 0.6) is 0 Å². The summed E-state index contributed by atoms with van der Waals surface area (Å²) in [7, 11) is 0. The lowest BCUT2D eigenvalue weighted by molar-refractivity contribution is 0.874. The number of nitrogens with zero attached hydrogens (tertiary/aromatic N) is 2. The number of hydrogen-bond donors (Lipinski definition) is 1. The van der Waals surface area contributed by atoms with Crippen LogP contribution in [0.3, 0.4) is 0 Å². The van der Waals surface area contributed by atoms with Gasteiger partial charge < -0.3 is 0 Å². The van der Waals surface area contributed by atoms with Gasteiger partial charge in [0.15, 0.2) is 0 Å². The molecule has 0 atom stereocenters. The lowest BCUT2D eigenvalue weighted by Crippen LogP contribution is -2.17. The number of fused-ring (bicyclic) bond motifs is 1. The highest BCUT2D eigenvalue weighted by molar-refractivity contribution is 7.07. The van der Waals surface area contributed by atoms with Gasteiger partial charge in [0, 0.05) is 18.2 Å². The number of aromatic amines is 1. The molecule has 2 aromatic heterocycles. The number of aromatic nitrogens is 2. The van der Waals surface area contributed by atoms with Crippen molar-refractivity contribution < 1.29 is 0 Å². The number of thiophene rings is 1. The summed E-state index contributed by atoms with van der Waals surface area (Å²) < 4.78 is 0. The summed E-state index contributed by atoms with van der Waals surface area (Å²) in [6.45, 7) is 0.575. The van der Waals surface area contributed by atoms with Gasteiger partial charge in [-0.1, -0.05) is 0 Å². The molecule has 0 radical (unpaired) electrons. The average molecular weight is 231 g/mol. The van der Waals surface area contributed by atoms with Crippen LogP contribution in [0.1, 0.15) is 22.4 Å². The van der Waals surface area contributed by atoms with Crippen LogP contribution in [0.2, 0.25) is 0 Å². The Hall–Kier alpha value is -1.75. The van der Waals surface area contributed by atoms with E-state index in [-0.39, 0.29) is 5.56 Å². The minimum atomic E-state index is -0.148. The van der Waals surface area contributed by atoms with Crippen LogP contribution in [-0.2, 0) is 13.0 Å². The lowest BCUT2D eigenvalue weighted by Gasteiger charge is -2.03. The molecule has 0 amide bonds. The molecule has 80 valence electrons. The highest BCUT2D eigenvalue weighted by atomic mass is 32.1. The number of H-pyrrole nitrogens is 1. The van der Waals surface area contributed by atoms with Gasteiger partial charge in [0.1, 0.15) is 0 Å². The third kappa shape index (κ3) is 1.49. The summed E-state index contributed by atoms with van der Waals surface area (Å²) in [6, 6.07) is 2.07. The van der Waals surface area contributed by atoms with Crippen molar-refractivity contribution >= 4 is 17.6 Å². The van der Waals surface area contributed by atoms with Crippen molar-refractivity contribution in [2.75, 3.05) is 0 Å². The van der Waals surface area contributed by atoms with Gasteiger partial charge in [0.05, 0.1) is 17.8 Å². The third-order valence-corrected chi connectivity index (χ3v) is 3.36. The van der Waals surface area contributed by atoms with E-state index in [1.165, 1.54) is 5.56 Å². The topological polar surface area (TPSA) is 58.1 Å². The SMILES string of the molecule is O=c1[nH]nc(Cc2ccsc2)c2c1C=NC2. The first kappa shape index (κ1) is 9.47. The first-order valence-corrected chi connectivity index (χ1v) is 5.90. The lowest BCUT2D eigenvalue weighted by atomic mass is 10.1. The maximum absolute atomic E-state index is 11.5. The third-order valence-electron chi connectivity index (χ3n) is 2.63. The molecule has 4 nitrogen and oxygen atoms in total. The van der Waals surface area contributed by atoms with Crippen LogP contribution in [0, 0.1) is 0 Å². The zero-order valence-electron chi connectivity index (χ0n) is 8.43. The van der Waals surface area contributed by atoms with Gasteiger partial charge in [-0.15, -0.1) is 0 Å². The molecule has 1 aliphatic heterocycles. The van der Waals surface area contributed by atoms with Crippen molar-refractivity contribution in [2.45, 2.75) is 13.0 Å². The maximum Gasteiger partial charge on any atom is 0.273 e. The minimum absolute atomic E-state index is 0.148. The maximum atomic E-state index is 11.5. The summed E-state index contributed by atoms with van der Waals surface area (Å²) in [5.74, 6) is 0. The summed E-state index contributed by atoms with van der Waals surface area (Å²) in [4.78, 5) is 15.6. The molecule has 2 aromatic rings. The standard InChI is InChI=1S/C11H9N3OS/c15-11-9-5-12-4-8(9)10(13-14-11)3-7-1-2-16-6-7/h1-2,5-6H,3-4H2,(H,14,15). The Labute approximate surface area is 95.7 Å². The Bertz CT molecular complexity index is 598. The monoisotopic (exact) mass is 231 g/mol. The van der Waals surface area contributed by atoms with Crippen molar-refractivity contribution in [3.63, 3.8) is 0 Å². The highest BCUT2D eigenvalue weighted by Crippen LogP contribution is 2.18. The van der Waals surface area contributed by atoms with Crippen molar-refractivity contribution in [1.82, 2.24) is 10.2 Å². The average Bonchev–Trinajstić information content (AvgIpc) is 2.92. The summed E-state index contributed by atoms with van der Waals surface area (Å²) >= 11 is 1.66. The van der Waals surface area contributed by atoms with Crippen LogP contribution < -0.4 is 5.56 Å². The molecule has 0 unspecified atom stereocenters. The highest BCUT2D eigenvalue weighted by Gasteiger charge is 2.16. The van der Waals surface area contributed by atoms with Gasteiger partial charge in [-0.05, 0) is 22.4 Å². The van der Waals surface area contributed by atoms with Crippen molar-refractivity contribution in [3.05, 3.63) is 49.6 Å². The molecule has 0 bridgehead atoms. The molecular formula is C11H9N3OS. The zero-order valence-corrected chi connectivity index (χ0v) is 9.25. The molecule has 1 aliphatic rings. The van der Waals surface area contributed by atoms with E-state index in [2.05, 4.69) is 26.6 Å². The molecule has 0 spiro atoms. The summed E-state index contributed by atoms with van der Waals surface area (Å²) in [5, 5.41) is 10.8. The molecule has 0 aromatic carbocycles. The first-order chi connectivity index (χ1) is 7.84. The largest absolute Gasteiger partial charge is 0.287 e. The van der Waals surface area contributed by atoms with Crippen LogP contribution in [0.4, 0.5) is 0 Å². The van der Waals surface area contributed by atoms with Gasteiger partial charge in [-0.2, -0.15) is 16.4 Å². The smallest absolute Gasteiger partial charge is 0.273 e. The summed E-state index contributed by atoms with van der Waals surface area (Å²) in [5.41, 5.74) is 3.63. The molecule has 16 heavy (non-hydrogen) atoms. The fourth-order valence-corrected chi connectivity index (χ4v) is 2.48. The molecular weight excluding hydrogens is 222 g/mol. The molecule has 0 fully saturated rings. The molecule has 3 rings (SSSR count). The molecule has 1 N–H and O–H groups in total. The van der Waals surface area contributed by atoms with Crippen LogP contribution in [0.15, 0.2) is 26.6 Å². The van der Waals surface area contributed by atoms with E-state index in [1.54, 1.807) is 17.6 Å². The van der Waals surface area contributed by atoms with E-state index < -0.39 is 0 Å². The second-order valence-corrected chi connectivity index (χ2v) is 4.45. The van der Waals surface area contributed by atoms with Gasteiger partial charge in [0.2, 0.25) is 0 Å². The fraction of sp³-hybridized carbons (Fsp3) is 0.182. The second-order valence-electron chi connectivity index (χ2n) is 3.67. The van der Waals surface area contributed by atoms with Crippen LogP contribution in [0.25, 0.3) is 0 Å². The summed E-state index contributed by atoms with van der Waals surface area (Å²) in [6.07, 6.45) is 2.39. The normalized spacial score (nSPS) is 13.0. The minimum Gasteiger partial charge on any atom is -0.287 e. The van der Waals surface area contributed by atoms with Crippen molar-refractivity contribution in [1.29, 1.82) is 0 Å². The Kier molecular flexibility index (Phi) is 2.18. The van der Waals surface area contributed by atoms with Gasteiger partial charge in [-0.25, -0.2) is 5.10 Å². The molecule has 0 saturated heterocycles. The van der Waals surface area contributed by atoms with Crippen molar-refractivity contribution in [2.24, 2.45) is 4.99 Å². The Balaban J connectivity index is 2.04. The van der Waals surface area contributed by atoms with Gasteiger partial charge in [0.25, 0.3) is 5.56 Å². The molecule has 0 saturated carbocycles. The Morgan fingerprint density at radius 1 is 1.50 bits per heavy atom. The van der Waals surface area contributed by atoms with E-state index in [4.69, 9.17) is 0 Å². The number of hydrogen-bond acceptors (Lipinski definition) is 4. The van der Waals surface area contributed by atoms with Gasteiger partial charge >= 0.3 is 0 Å². The quantitative estimate of drug-likeness (QED) is 0.848. The molecule has 5 heteroatoms. The zero-order chi connectivity index (χ0) is 11.0. The molecule has 0 aliphatic carbocycles. The number of aliphatic imine (C=N–C) groups is 1. The van der Waals surface area contributed by atoms with E-state index >= 15 is 0 Å². The predicted molar refractivity (Wildman–Crippen MR) is 63.3 cm³/mol. The van der Waals surface area contributed by atoms with Crippen LogP contribution >= 0.6 is 11.3 Å². The second kappa shape index (κ2) is 3.68.